The summed E-state index contributed by atoms with van der Waals surface area (Å²) in [6.45, 7) is 0. The predicted octanol–water partition coefficient (Wildman–Crippen LogP) is 3.65. The second-order valence-electron chi connectivity index (χ2n) is 7.22. The van der Waals surface area contributed by atoms with Gasteiger partial charge in [-0.1, -0.05) is 36.4 Å². The molecule has 0 bridgehead atoms. The summed E-state index contributed by atoms with van der Waals surface area (Å²) < 4.78 is 0. The van der Waals surface area contributed by atoms with Crippen LogP contribution in [-0.2, 0) is 0 Å². The van der Waals surface area contributed by atoms with Gasteiger partial charge in [-0.2, -0.15) is 4.99 Å². The molecule has 2 aromatic rings. The number of nitrogens with two attached hydrogens (primary N) is 2. The molecule has 0 amide bonds. The van der Waals surface area contributed by atoms with Crippen LogP contribution in [0.1, 0.15) is 42.5 Å². The Morgan fingerprint density at radius 2 is 1.79 bits per heavy atom. The summed E-state index contributed by atoms with van der Waals surface area (Å²) in [6.07, 6.45) is 4.75. The van der Waals surface area contributed by atoms with Gasteiger partial charge >= 0.3 is 5.97 Å². The fourth-order valence-corrected chi connectivity index (χ4v) is 4.96. The van der Waals surface area contributed by atoms with E-state index in [9.17, 15) is 9.90 Å². The van der Waals surface area contributed by atoms with Crippen LogP contribution in [0.2, 0.25) is 0 Å². The van der Waals surface area contributed by atoms with Gasteiger partial charge in [0, 0.05) is 15.5 Å². The van der Waals surface area contributed by atoms with Gasteiger partial charge in [0.2, 0.25) is 11.9 Å². The van der Waals surface area contributed by atoms with Gasteiger partial charge in [-0.15, -0.1) is 0 Å². The molecule has 8 heteroatoms. The van der Waals surface area contributed by atoms with Crippen LogP contribution >= 0.6 is 11.8 Å². The molecule has 4 rings (SSSR count). The van der Waals surface area contributed by atoms with Crippen molar-refractivity contribution in [3.05, 3.63) is 54.1 Å². The highest BCUT2D eigenvalue weighted by Gasteiger charge is 2.42. The first-order valence-electron chi connectivity index (χ1n) is 9.58. The largest absolute Gasteiger partial charge is 0.478 e. The summed E-state index contributed by atoms with van der Waals surface area (Å²) in [5.41, 5.74) is 12.5. The number of carbonyl (C=O) groups is 1. The molecule has 1 saturated carbocycles. The Balaban J connectivity index is 1.75. The van der Waals surface area contributed by atoms with E-state index >= 15 is 0 Å². The van der Waals surface area contributed by atoms with Crippen LogP contribution in [0.15, 0.2) is 68.3 Å². The highest BCUT2D eigenvalue weighted by Crippen LogP contribution is 2.41. The fraction of sp³-hybridized carbons (Fsp3) is 0.286. The predicted molar refractivity (Wildman–Crippen MR) is 116 cm³/mol. The van der Waals surface area contributed by atoms with Crippen LogP contribution in [0.4, 0.5) is 5.69 Å². The lowest BCUT2D eigenvalue weighted by Gasteiger charge is -2.45. The van der Waals surface area contributed by atoms with Crippen molar-refractivity contribution in [3.8, 4) is 0 Å². The summed E-state index contributed by atoms with van der Waals surface area (Å²) >= 11 is 1.42. The van der Waals surface area contributed by atoms with Crippen molar-refractivity contribution < 1.29 is 9.90 Å². The lowest BCUT2D eigenvalue weighted by molar-refractivity contribution is 0.0693. The van der Waals surface area contributed by atoms with Crippen molar-refractivity contribution in [3.63, 3.8) is 0 Å². The number of guanidine groups is 2. The van der Waals surface area contributed by atoms with E-state index in [0.717, 1.165) is 37.0 Å². The molecule has 29 heavy (non-hydrogen) atoms. The van der Waals surface area contributed by atoms with Gasteiger partial charge in [-0.25, -0.2) is 9.79 Å². The van der Waals surface area contributed by atoms with E-state index in [2.05, 4.69) is 9.98 Å². The molecule has 0 aromatic heterocycles. The Morgan fingerprint density at radius 1 is 1.07 bits per heavy atom. The molecule has 2 aliphatic rings. The summed E-state index contributed by atoms with van der Waals surface area (Å²) in [6, 6.07) is 15.1. The first kappa shape index (κ1) is 19.3. The average Bonchev–Trinajstić information content (AvgIpc) is 2.69. The SMILES string of the molecule is NC1=NC2(CCCCC2)N(c2ccc(Sc3ccccc3)c(C(=O)O)c2)C(N)=N1. The highest BCUT2D eigenvalue weighted by atomic mass is 32.2. The Morgan fingerprint density at radius 3 is 2.48 bits per heavy atom. The summed E-state index contributed by atoms with van der Waals surface area (Å²) in [4.78, 5) is 24.3. The number of aromatic carboxylic acids is 1. The Hall–Kier alpha value is -3.00. The fourth-order valence-electron chi connectivity index (χ4n) is 4.02. The Kier molecular flexibility index (Phi) is 5.19. The number of carboxylic acid groups (broad SMARTS) is 1. The molecule has 1 heterocycles. The van der Waals surface area contributed by atoms with Crippen molar-refractivity contribution in [2.24, 2.45) is 21.5 Å². The Bertz CT molecular complexity index is 984. The maximum Gasteiger partial charge on any atom is 0.336 e. The number of anilines is 1. The van der Waals surface area contributed by atoms with E-state index in [4.69, 9.17) is 11.5 Å². The number of aliphatic imine (C=N–C) groups is 2. The second-order valence-corrected chi connectivity index (χ2v) is 8.33. The van der Waals surface area contributed by atoms with Gasteiger partial charge < -0.3 is 16.6 Å². The van der Waals surface area contributed by atoms with Gasteiger partial charge in [0.05, 0.1) is 5.56 Å². The van der Waals surface area contributed by atoms with E-state index in [1.165, 1.54) is 11.8 Å². The van der Waals surface area contributed by atoms with E-state index in [-0.39, 0.29) is 17.5 Å². The molecule has 5 N–H and O–H groups in total. The maximum atomic E-state index is 12.0. The number of hydrogen-bond donors (Lipinski definition) is 3. The zero-order valence-electron chi connectivity index (χ0n) is 15.9. The van der Waals surface area contributed by atoms with E-state index in [1.54, 1.807) is 6.07 Å². The number of benzene rings is 2. The molecule has 150 valence electrons. The van der Waals surface area contributed by atoms with Crippen LogP contribution in [0.3, 0.4) is 0 Å². The van der Waals surface area contributed by atoms with Crippen molar-refractivity contribution in [1.29, 1.82) is 0 Å². The lowest BCUT2D eigenvalue weighted by Crippen LogP contribution is -2.58. The molecule has 1 spiro atoms. The molecule has 0 radical (unpaired) electrons. The first-order chi connectivity index (χ1) is 14.0. The number of nitrogens with zero attached hydrogens (tertiary/aromatic N) is 3. The summed E-state index contributed by atoms with van der Waals surface area (Å²) in [5, 5.41) is 9.84. The molecule has 7 nitrogen and oxygen atoms in total. The zero-order chi connectivity index (χ0) is 20.4. The lowest BCUT2D eigenvalue weighted by atomic mass is 9.87. The van der Waals surface area contributed by atoms with Crippen LogP contribution < -0.4 is 16.4 Å². The minimum absolute atomic E-state index is 0.176. The third-order valence-corrected chi connectivity index (χ3v) is 6.36. The highest BCUT2D eigenvalue weighted by molar-refractivity contribution is 7.99. The smallest absolute Gasteiger partial charge is 0.336 e. The number of hydrogen-bond acceptors (Lipinski definition) is 7. The van der Waals surface area contributed by atoms with Crippen LogP contribution in [0, 0.1) is 0 Å². The molecule has 1 fully saturated rings. The van der Waals surface area contributed by atoms with Crippen molar-refractivity contribution in [2.75, 3.05) is 4.90 Å². The summed E-state index contributed by atoms with van der Waals surface area (Å²) in [7, 11) is 0. The van der Waals surface area contributed by atoms with E-state index in [1.807, 2.05) is 47.4 Å². The van der Waals surface area contributed by atoms with Gasteiger partial charge in [0.15, 0.2) is 0 Å². The van der Waals surface area contributed by atoms with Crippen LogP contribution in [0.5, 0.6) is 0 Å². The third-order valence-electron chi connectivity index (χ3n) is 5.27. The zero-order valence-corrected chi connectivity index (χ0v) is 16.7. The van der Waals surface area contributed by atoms with E-state index in [0.29, 0.717) is 10.6 Å². The molecular formula is C21H23N5O2S. The van der Waals surface area contributed by atoms with Crippen molar-refractivity contribution in [1.82, 2.24) is 0 Å². The summed E-state index contributed by atoms with van der Waals surface area (Å²) in [5.74, 6) is -0.562. The maximum absolute atomic E-state index is 12.0. The topological polar surface area (TPSA) is 117 Å². The molecule has 1 aliphatic carbocycles. The monoisotopic (exact) mass is 409 g/mol. The van der Waals surface area contributed by atoms with Gasteiger partial charge in [-0.05, 0) is 56.0 Å². The molecule has 2 aromatic carbocycles. The standard InChI is InChI=1S/C21H23N5O2S/c22-19-24-20(23)26(21(25-19)11-5-2-6-12-21)14-9-10-17(16(13-14)18(27)28)29-15-7-3-1-4-8-15/h1,3-4,7-10,13H,2,5-6,11-12H2,(H,27,28)(H4,22,23,24,25). The van der Waals surface area contributed by atoms with Gasteiger partial charge in [-0.3, -0.25) is 4.90 Å². The minimum Gasteiger partial charge on any atom is -0.478 e. The van der Waals surface area contributed by atoms with Crippen LogP contribution in [-0.4, -0.2) is 28.7 Å². The number of rotatable bonds is 4. The van der Waals surface area contributed by atoms with Gasteiger partial charge in [0.1, 0.15) is 5.66 Å². The number of carboxylic acids is 1. The average molecular weight is 410 g/mol. The Labute approximate surface area is 173 Å². The van der Waals surface area contributed by atoms with Crippen molar-refractivity contribution >= 4 is 35.3 Å². The molecule has 0 saturated heterocycles. The van der Waals surface area contributed by atoms with Gasteiger partial charge in [0.25, 0.3) is 0 Å². The molecule has 1 aliphatic heterocycles. The second kappa shape index (κ2) is 7.79. The first-order valence-corrected chi connectivity index (χ1v) is 10.4. The quantitative estimate of drug-likeness (QED) is 0.710. The third kappa shape index (κ3) is 3.80. The molecule has 0 unspecified atom stereocenters. The van der Waals surface area contributed by atoms with E-state index < -0.39 is 11.6 Å². The van der Waals surface area contributed by atoms with Crippen LogP contribution in [0.25, 0.3) is 0 Å². The minimum atomic E-state index is -0.987. The normalized spacial score (nSPS) is 18.3. The molecule has 0 atom stereocenters. The molecular weight excluding hydrogens is 386 g/mol. The van der Waals surface area contributed by atoms with Crippen molar-refractivity contribution in [2.45, 2.75) is 47.6 Å².